The van der Waals surface area contributed by atoms with Gasteiger partial charge in [-0.2, -0.15) is 0 Å². The third-order valence-electron chi connectivity index (χ3n) is 4.20. The Kier molecular flexibility index (Phi) is 2.67. The Morgan fingerprint density at radius 2 is 1.89 bits per heavy atom. The van der Waals surface area contributed by atoms with Gasteiger partial charge in [-0.15, -0.1) is 0 Å². The van der Waals surface area contributed by atoms with Gasteiger partial charge in [-0.3, -0.25) is 0 Å². The second kappa shape index (κ2) is 4.09. The van der Waals surface area contributed by atoms with E-state index in [0.717, 1.165) is 37.3 Å². The summed E-state index contributed by atoms with van der Waals surface area (Å²) in [4.78, 5) is 8.41. The highest BCUT2D eigenvalue weighted by molar-refractivity contribution is 5.79. The van der Waals surface area contributed by atoms with Crippen LogP contribution < -0.4 is 5.32 Å². The molecule has 0 saturated carbocycles. The molecule has 0 amide bonds. The standard InChI is InChI=1S/C15H21N3/c1-10-8-11(2)13-12(9-10)17-14(18-13)15(3)4-6-16-7-5-15/h8-9,16H,4-7H2,1-3H3,(H,17,18). The molecular formula is C15H21N3. The minimum Gasteiger partial charge on any atom is -0.341 e. The van der Waals surface area contributed by atoms with Crippen molar-refractivity contribution in [3.05, 3.63) is 29.1 Å². The van der Waals surface area contributed by atoms with Crippen LogP contribution in [0.3, 0.4) is 0 Å². The van der Waals surface area contributed by atoms with Gasteiger partial charge < -0.3 is 10.3 Å². The highest BCUT2D eigenvalue weighted by atomic mass is 15.0. The van der Waals surface area contributed by atoms with Gasteiger partial charge in [0.2, 0.25) is 0 Å². The SMILES string of the molecule is Cc1cc(C)c2nc(C3(C)CCNCC3)[nH]c2c1. The third-order valence-corrected chi connectivity index (χ3v) is 4.20. The number of benzene rings is 1. The fraction of sp³-hybridized carbons (Fsp3) is 0.533. The Balaban J connectivity index is 2.10. The summed E-state index contributed by atoms with van der Waals surface area (Å²) in [5, 5.41) is 3.42. The zero-order valence-corrected chi connectivity index (χ0v) is 11.4. The first-order chi connectivity index (χ1) is 8.58. The molecule has 2 N–H and O–H groups in total. The average Bonchev–Trinajstić information content (AvgIpc) is 2.74. The highest BCUT2D eigenvalue weighted by Crippen LogP contribution is 2.32. The van der Waals surface area contributed by atoms with E-state index in [-0.39, 0.29) is 5.41 Å². The number of hydrogen-bond acceptors (Lipinski definition) is 2. The number of aromatic nitrogens is 2. The van der Waals surface area contributed by atoms with Gasteiger partial charge >= 0.3 is 0 Å². The van der Waals surface area contributed by atoms with Crippen molar-refractivity contribution < 1.29 is 0 Å². The molecule has 1 fully saturated rings. The maximum absolute atomic E-state index is 4.87. The zero-order chi connectivity index (χ0) is 12.8. The van der Waals surface area contributed by atoms with E-state index in [2.05, 4.69) is 43.2 Å². The molecule has 96 valence electrons. The molecule has 1 aliphatic heterocycles. The van der Waals surface area contributed by atoms with Crippen molar-refractivity contribution in [1.82, 2.24) is 15.3 Å². The molecule has 0 unspecified atom stereocenters. The average molecular weight is 243 g/mol. The number of nitrogens with zero attached hydrogens (tertiary/aromatic N) is 1. The van der Waals surface area contributed by atoms with E-state index < -0.39 is 0 Å². The van der Waals surface area contributed by atoms with Gasteiger partial charge in [0.15, 0.2) is 0 Å². The maximum Gasteiger partial charge on any atom is 0.113 e. The van der Waals surface area contributed by atoms with E-state index in [9.17, 15) is 0 Å². The van der Waals surface area contributed by atoms with Crippen LogP contribution in [-0.2, 0) is 5.41 Å². The van der Waals surface area contributed by atoms with Gasteiger partial charge in [0, 0.05) is 5.41 Å². The van der Waals surface area contributed by atoms with E-state index in [4.69, 9.17) is 4.98 Å². The number of rotatable bonds is 1. The molecule has 1 aliphatic rings. The molecule has 1 aromatic heterocycles. The Morgan fingerprint density at radius 3 is 2.61 bits per heavy atom. The second-order valence-electron chi connectivity index (χ2n) is 5.87. The molecule has 2 aromatic rings. The molecule has 2 heterocycles. The van der Waals surface area contributed by atoms with Crippen molar-refractivity contribution in [3.8, 4) is 0 Å². The Hall–Kier alpha value is -1.35. The summed E-state index contributed by atoms with van der Waals surface area (Å²) in [6.45, 7) is 8.79. The first-order valence-corrected chi connectivity index (χ1v) is 6.77. The number of piperidine rings is 1. The predicted molar refractivity (Wildman–Crippen MR) is 75.0 cm³/mol. The summed E-state index contributed by atoms with van der Waals surface area (Å²) in [5.41, 5.74) is 5.08. The number of fused-ring (bicyclic) bond motifs is 1. The molecule has 0 aliphatic carbocycles. The molecule has 0 spiro atoms. The first kappa shape index (κ1) is 11.7. The quantitative estimate of drug-likeness (QED) is 0.808. The zero-order valence-electron chi connectivity index (χ0n) is 11.4. The Bertz CT molecular complexity index is 577. The van der Waals surface area contributed by atoms with Crippen molar-refractivity contribution in [2.24, 2.45) is 0 Å². The Morgan fingerprint density at radius 1 is 1.17 bits per heavy atom. The molecule has 0 atom stereocenters. The van der Waals surface area contributed by atoms with Crippen LogP contribution in [-0.4, -0.2) is 23.1 Å². The van der Waals surface area contributed by atoms with Crippen LogP contribution in [0.1, 0.15) is 36.7 Å². The van der Waals surface area contributed by atoms with Crippen LogP contribution >= 0.6 is 0 Å². The summed E-state index contributed by atoms with van der Waals surface area (Å²) in [7, 11) is 0. The number of aryl methyl sites for hydroxylation is 2. The summed E-state index contributed by atoms with van der Waals surface area (Å²) < 4.78 is 0. The lowest BCUT2D eigenvalue weighted by Gasteiger charge is -2.32. The fourth-order valence-corrected chi connectivity index (χ4v) is 2.97. The van der Waals surface area contributed by atoms with Gasteiger partial charge in [-0.05, 0) is 57.0 Å². The van der Waals surface area contributed by atoms with Crippen molar-refractivity contribution in [2.45, 2.75) is 39.0 Å². The lowest BCUT2D eigenvalue weighted by atomic mass is 9.80. The molecule has 1 saturated heterocycles. The first-order valence-electron chi connectivity index (χ1n) is 6.77. The second-order valence-corrected chi connectivity index (χ2v) is 5.87. The van der Waals surface area contributed by atoms with E-state index in [1.807, 2.05) is 0 Å². The van der Waals surface area contributed by atoms with Gasteiger partial charge in [0.25, 0.3) is 0 Å². The topological polar surface area (TPSA) is 40.7 Å². The summed E-state index contributed by atoms with van der Waals surface area (Å²) in [6, 6.07) is 4.40. The minimum absolute atomic E-state index is 0.199. The van der Waals surface area contributed by atoms with E-state index in [0.29, 0.717) is 0 Å². The number of nitrogens with one attached hydrogen (secondary N) is 2. The van der Waals surface area contributed by atoms with Gasteiger partial charge in [0.1, 0.15) is 5.82 Å². The van der Waals surface area contributed by atoms with Crippen molar-refractivity contribution >= 4 is 11.0 Å². The largest absolute Gasteiger partial charge is 0.341 e. The van der Waals surface area contributed by atoms with E-state index >= 15 is 0 Å². The maximum atomic E-state index is 4.87. The van der Waals surface area contributed by atoms with Gasteiger partial charge in [0.05, 0.1) is 11.0 Å². The molecule has 0 radical (unpaired) electrons. The van der Waals surface area contributed by atoms with Crippen molar-refractivity contribution in [2.75, 3.05) is 13.1 Å². The monoisotopic (exact) mass is 243 g/mol. The summed E-state index contributed by atoms with van der Waals surface area (Å²) >= 11 is 0. The van der Waals surface area contributed by atoms with Gasteiger partial charge in [-0.1, -0.05) is 13.0 Å². The molecule has 0 bridgehead atoms. The Labute approximate surface area is 108 Å². The molecule has 3 heteroatoms. The highest BCUT2D eigenvalue weighted by Gasteiger charge is 2.31. The summed E-state index contributed by atoms with van der Waals surface area (Å²) in [5.74, 6) is 1.16. The van der Waals surface area contributed by atoms with Crippen LogP contribution in [0.4, 0.5) is 0 Å². The van der Waals surface area contributed by atoms with Crippen LogP contribution in [0.25, 0.3) is 11.0 Å². The number of imidazole rings is 1. The number of H-pyrrole nitrogens is 1. The van der Waals surface area contributed by atoms with E-state index in [1.165, 1.54) is 16.6 Å². The number of hydrogen-bond donors (Lipinski definition) is 2. The molecule has 18 heavy (non-hydrogen) atoms. The number of aromatic amines is 1. The predicted octanol–water partition coefficient (Wildman–Crippen LogP) is 2.82. The molecule has 3 nitrogen and oxygen atoms in total. The minimum atomic E-state index is 0.199. The van der Waals surface area contributed by atoms with E-state index in [1.54, 1.807) is 0 Å². The normalized spacial score (nSPS) is 19.3. The van der Waals surface area contributed by atoms with Crippen molar-refractivity contribution in [1.29, 1.82) is 0 Å². The van der Waals surface area contributed by atoms with Crippen LogP contribution in [0, 0.1) is 13.8 Å². The smallest absolute Gasteiger partial charge is 0.113 e. The van der Waals surface area contributed by atoms with Crippen LogP contribution in [0.15, 0.2) is 12.1 Å². The summed E-state index contributed by atoms with van der Waals surface area (Å²) in [6.07, 6.45) is 2.32. The van der Waals surface area contributed by atoms with Crippen LogP contribution in [0.5, 0.6) is 0 Å². The third kappa shape index (κ3) is 1.83. The van der Waals surface area contributed by atoms with Crippen LogP contribution in [0.2, 0.25) is 0 Å². The van der Waals surface area contributed by atoms with Crippen molar-refractivity contribution in [3.63, 3.8) is 0 Å². The lowest BCUT2D eigenvalue weighted by molar-refractivity contribution is 0.321. The van der Waals surface area contributed by atoms with Gasteiger partial charge in [-0.25, -0.2) is 4.98 Å². The fourth-order valence-electron chi connectivity index (χ4n) is 2.97. The molecule has 1 aromatic carbocycles. The lowest BCUT2D eigenvalue weighted by Crippen LogP contribution is -2.38. The molecule has 3 rings (SSSR count). The molecular weight excluding hydrogens is 222 g/mol.